The monoisotopic (exact) mass is 436 g/mol. The molecule has 0 bridgehead atoms. The number of aryl methyl sites for hydroxylation is 1. The summed E-state index contributed by atoms with van der Waals surface area (Å²) in [4.78, 5) is 17.9. The summed E-state index contributed by atoms with van der Waals surface area (Å²) in [5.74, 6) is -0.791. The van der Waals surface area contributed by atoms with Crippen LogP contribution in [0.1, 0.15) is 75.1 Å². The summed E-state index contributed by atoms with van der Waals surface area (Å²) in [6, 6.07) is 1.68. The molecule has 2 aromatic heterocycles. The van der Waals surface area contributed by atoms with Crippen LogP contribution in [0, 0.1) is 12.8 Å². The predicted octanol–water partition coefficient (Wildman–Crippen LogP) is 3.10. The molecule has 1 N–H and O–H groups in total. The summed E-state index contributed by atoms with van der Waals surface area (Å²) in [5.41, 5.74) is 1.91. The van der Waals surface area contributed by atoms with Crippen LogP contribution < -0.4 is 4.72 Å². The van der Waals surface area contributed by atoms with Crippen LogP contribution in [-0.2, 0) is 20.3 Å². The number of pyridine rings is 1. The highest BCUT2D eigenvalue weighted by molar-refractivity contribution is 7.90. The summed E-state index contributed by atoms with van der Waals surface area (Å²) >= 11 is 0. The number of ether oxygens (including phenoxy) is 1. The largest absolute Gasteiger partial charge is 0.381 e. The molecule has 1 aliphatic rings. The van der Waals surface area contributed by atoms with Crippen molar-refractivity contribution in [1.29, 1.82) is 0 Å². The van der Waals surface area contributed by atoms with Crippen LogP contribution in [0.15, 0.2) is 6.07 Å². The van der Waals surface area contributed by atoms with E-state index in [1.807, 2.05) is 41.5 Å². The second kappa shape index (κ2) is 8.26. The Morgan fingerprint density at radius 1 is 1.37 bits per heavy atom. The molecule has 9 heteroatoms. The molecule has 8 nitrogen and oxygen atoms in total. The van der Waals surface area contributed by atoms with Gasteiger partial charge in [0, 0.05) is 12.3 Å². The molecule has 1 amide bonds. The van der Waals surface area contributed by atoms with Gasteiger partial charge in [-0.05, 0) is 58.4 Å². The van der Waals surface area contributed by atoms with Gasteiger partial charge in [-0.3, -0.25) is 4.79 Å². The van der Waals surface area contributed by atoms with E-state index in [-0.39, 0.29) is 23.1 Å². The molecule has 1 unspecified atom stereocenters. The van der Waals surface area contributed by atoms with Gasteiger partial charge in [0.25, 0.3) is 5.91 Å². The molecule has 3 heterocycles. The minimum absolute atomic E-state index is 0.0700. The van der Waals surface area contributed by atoms with Gasteiger partial charge < -0.3 is 4.74 Å². The van der Waals surface area contributed by atoms with Gasteiger partial charge in [-0.1, -0.05) is 13.8 Å². The Labute approximate surface area is 178 Å². The highest BCUT2D eigenvalue weighted by Crippen LogP contribution is 2.29. The number of carbonyl (C=O) groups excluding carboxylic acids is 1. The number of hydrogen-bond acceptors (Lipinski definition) is 6. The second-order valence-electron chi connectivity index (χ2n) is 9.41. The van der Waals surface area contributed by atoms with Crippen molar-refractivity contribution in [3.05, 3.63) is 23.0 Å². The molecule has 0 saturated carbocycles. The molecule has 0 radical (unpaired) electrons. The van der Waals surface area contributed by atoms with Gasteiger partial charge in [0.2, 0.25) is 10.0 Å². The highest BCUT2D eigenvalue weighted by atomic mass is 32.2. The fourth-order valence-corrected chi connectivity index (χ4v) is 5.10. The molecule has 1 fully saturated rings. The van der Waals surface area contributed by atoms with Crippen molar-refractivity contribution in [1.82, 2.24) is 19.5 Å². The number of nitrogens with one attached hydrogen (secondary N) is 1. The number of fused-ring (bicyclic) bond motifs is 1. The van der Waals surface area contributed by atoms with Crippen LogP contribution in [0.5, 0.6) is 0 Å². The Morgan fingerprint density at radius 3 is 2.63 bits per heavy atom. The van der Waals surface area contributed by atoms with Crippen LogP contribution in [-0.4, -0.2) is 48.1 Å². The first kappa shape index (κ1) is 22.7. The van der Waals surface area contributed by atoms with E-state index < -0.39 is 15.9 Å². The second-order valence-corrected chi connectivity index (χ2v) is 11.2. The number of rotatable bonds is 5. The quantitative estimate of drug-likeness (QED) is 0.772. The Kier molecular flexibility index (Phi) is 6.25. The van der Waals surface area contributed by atoms with Gasteiger partial charge in [-0.15, -0.1) is 0 Å². The minimum atomic E-state index is -3.79. The van der Waals surface area contributed by atoms with Crippen molar-refractivity contribution in [2.24, 2.45) is 5.92 Å². The molecule has 0 spiro atoms. The number of nitrogens with zero attached hydrogens (tertiary/aromatic N) is 3. The Bertz CT molecular complexity index is 1050. The first-order chi connectivity index (χ1) is 13.9. The van der Waals surface area contributed by atoms with E-state index in [9.17, 15) is 13.2 Å². The van der Waals surface area contributed by atoms with Crippen molar-refractivity contribution < 1.29 is 17.9 Å². The van der Waals surface area contributed by atoms with E-state index in [4.69, 9.17) is 9.72 Å². The fraction of sp³-hybridized carbons (Fsp3) is 0.667. The normalized spacial score (nSPS) is 18.2. The molecule has 3 rings (SSSR count). The molecule has 166 valence electrons. The molecule has 2 aromatic rings. The number of sulfonamides is 1. The lowest BCUT2D eigenvalue weighted by atomic mass is 10.0. The third-order valence-electron chi connectivity index (χ3n) is 5.26. The van der Waals surface area contributed by atoms with Gasteiger partial charge in [-0.25, -0.2) is 22.8 Å². The summed E-state index contributed by atoms with van der Waals surface area (Å²) in [6.45, 7) is 12.9. The maximum Gasteiger partial charge on any atom is 0.265 e. The van der Waals surface area contributed by atoms with Gasteiger partial charge in [0.1, 0.15) is 0 Å². The molecular formula is C21H32N4O4S. The molecule has 1 atom stereocenters. The average molecular weight is 437 g/mol. The van der Waals surface area contributed by atoms with Crippen molar-refractivity contribution in [2.75, 3.05) is 19.0 Å². The van der Waals surface area contributed by atoms with E-state index in [1.54, 1.807) is 10.7 Å². The average Bonchev–Trinajstić information content (AvgIpc) is 2.98. The Morgan fingerprint density at radius 2 is 2.07 bits per heavy atom. The van der Waals surface area contributed by atoms with Crippen LogP contribution >= 0.6 is 0 Å². The van der Waals surface area contributed by atoms with E-state index in [1.165, 1.54) is 0 Å². The van der Waals surface area contributed by atoms with Gasteiger partial charge in [-0.2, -0.15) is 5.10 Å². The van der Waals surface area contributed by atoms with E-state index in [2.05, 4.69) is 9.82 Å². The zero-order chi connectivity index (χ0) is 22.3. The molecule has 0 aromatic carbocycles. The summed E-state index contributed by atoms with van der Waals surface area (Å²) in [5, 5.41) is 5.19. The van der Waals surface area contributed by atoms with Crippen molar-refractivity contribution in [2.45, 2.75) is 65.8 Å². The summed E-state index contributed by atoms with van der Waals surface area (Å²) in [6.07, 6.45) is 1.62. The maximum atomic E-state index is 13.1. The molecule has 0 aliphatic carbocycles. The number of aromatic nitrogens is 3. The molecule has 1 saturated heterocycles. The van der Waals surface area contributed by atoms with Crippen LogP contribution in [0.4, 0.5) is 0 Å². The third kappa shape index (κ3) is 4.83. The number of amides is 1. The number of hydrogen-bond donors (Lipinski definition) is 1. The lowest BCUT2D eigenvalue weighted by Gasteiger charge is -2.22. The van der Waals surface area contributed by atoms with E-state index in [0.29, 0.717) is 35.5 Å². The first-order valence-electron chi connectivity index (χ1n) is 10.4. The zero-order valence-electron chi connectivity index (χ0n) is 18.7. The Hall–Kier alpha value is -2.00. The fourth-order valence-electron chi connectivity index (χ4n) is 3.74. The van der Waals surface area contributed by atoms with Gasteiger partial charge in [0.15, 0.2) is 5.65 Å². The highest BCUT2D eigenvalue weighted by Gasteiger charge is 2.28. The van der Waals surface area contributed by atoms with Crippen LogP contribution in [0.2, 0.25) is 0 Å². The van der Waals surface area contributed by atoms with Crippen LogP contribution in [0.3, 0.4) is 0 Å². The van der Waals surface area contributed by atoms with E-state index >= 15 is 0 Å². The summed E-state index contributed by atoms with van der Waals surface area (Å²) < 4.78 is 34.8. The lowest BCUT2D eigenvalue weighted by molar-refractivity contribution is 0.0624. The zero-order valence-corrected chi connectivity index (χ0v) is 19.5. The van der Waals surface area contributed by atoms with E-state index in [0.717, 1.165) is 18.5 Å². The van der Waals surface area contributed by atoms with Gasteiger partial charge in [0.05, 0.1) is 34.5 Å². The van der Waals surface area contributed by atoms with Crippen LogP contribution in [0.25, 0.3) is 11.0 Å². The standard InChI is InChI=1S/C21H32N4O4S/c1-13(2)17-10-16(18-14(3)23-25(19(18)22-17)21(4,5)6)20(26)24-30(27,28)12-15-8-7-9-29-11-15/h10,13,15H,7-9,11-12H2,1-6H3,(H,24,26). The lowest BCUT2D eigenvalue weighted by Crippen LogP contribution is -2.37. The molecule has 30 heavy (non-hydrogen) atoms. The predicted molar refractivity (Wildman–Crippen MR) is 116 cm³/mol. The SMILES string of the molecule is Cc1nn(C(C)(C)C)c2nc(C(C)C)cc(C(=O)NS(=O)(=O)CC3CCCOC3)c12. The van der Waals surface area contributed by atoms with Crippen molar-refractivity contribution >= 4 is 27.0 Å². The number of carbonyl (C=O) groups is 1. The first-order valence-corrected chi connectivity index (χ1v) is 12.1. The molecule has 1 aliphatic heterocycles. The van der Waals surface area contributed by atoms with Gasteiger partial charge >= 0.3 is 0 Å². The topological polar surface area (TPSA) is 103 Å². The molecular weight excluding hydrogens is 404 g/mol. The minimum Gasteiger partial charge on any atom is -0.381 e. The maximum absolute atomic E-state index is 13.1. The van der Waals surface area contributed by atoms with Crippen molar-refractivity contribution in [3.63, 3.8) is 0 Å². The summed E-state index contributed by atoms with van der Waals surface area (Å²) in [7, 11) is -3.79. The van der Waals surface area contributed by atoms with Crippen molar-refractivity contribution in [3.8, 4) is 0 Å². The Balaban J connectivity index is 2.01. The third-order valence-corrected chi connectivity index (χ3v) is 6.67. The smallest absolute Gasteiger partial charge is 0.265 e.